The Morgan fingerprint density at radius 3 is 2.32 bits per heavy atom. The van der Waals surface area contributed by atoms with Gasteiger partial charge in [-0.2, -0.15) is 13.2 Å². The summed E-state index contributed by atoms with van der Waals surface area (Å²) in [4.78, 5) is 22.2. The molecule has 0 aliphatic rings. The topological polar surface area (TPSA) is 66.4 Å². The molecule has 1 unspecified atom stereocenters. The maximum atomic E-state index is 12.6. The van der Waals surface area contributed by atoms with Crippen molar-refractivity contribution in [3.05, 3.63) is 34.9 Å². The van der Waals surface area contributed by atoms with E-state index in [4.69, 9.17) is 5.11 Å². The molecule has 2 N–H and O–H groups in total. The number of aliphatic carboxylic acids is 1. The number of hydrogen-bond acceptors (Lipinski definition) is 2. The van der Waals surface area contributed by atoms with Crippen LogP contribution in [-0.4, -0.2) is 23.0 Å². The summed E-state index contributed by atoms with van der Waals surface area (Å²) in [5.41, 5.74) is -0.899. The van der Waals surface area contributed by atoms with E-state index in [0.717, 1.165) is 6.07 Å². The first-order valence-corrected chi connectivity index (χ1v) is 5.34. The molecule has 0 radical (unpaired) electrons. The van der Waals surface area contributed by atoms with E-state index in [1.54, 1.807) is 0 Å². The van der Waals surface area contributed by atoms with Gasteiger partial charge in [-0.25, -0.2) is 0 Å². The quantitative estimate of drug-likeness (QED) is 0.888. The van der Waals surface area contributed by atoms with Crippen molar-refractivity contribution in [2.24, 2.45) is 0 Å². The predicted molar refractivity (Wildman–Crippen MR) is 60.7 cm³/mol. The Hall–Kier alpha value is -2.05. The Kier molecular flexibility index (Phi) is 4.18. The molecule has 19 heavy (non-hydrogen) atoms. The highest BCUT2D eigenvalue weighted by Gasteiger charge is 2.31. The summed E-state index contributed by atoms with van der Waals surface area (Å²) in [6.45, 7) is 2.65. The summed E-state index contributed by atoms with van der Waals surface area (Å²) in [7, 11) is 0. The maximum Gasteiger partial charge on any atom is 0.416 e. The highest BCUT2D eigenvalue weighted by atomic mass is 19.4. The number of carbonyl (C=O) groups excluding carboxylic acids is 1. The van der Waals surface area contributed by atoms with E-state index in [2.05, 4.69) is 5.32 Å². The zero-order chi connectivity index (χ0) is 14.8. The molecule has 0 aliphatic carbocycles. The van der Waals surface area contributed by atoms with Gasteiger partial charge in [-0.1, -0.05) is 0 Å². The Labute approximate surface area is 107 Å². The van der Waals surface area contributed by atoms with Crippen molar-refractivity contribution in [2.45, 2.75) is 26.1 Å². The second kappa shape index (κ2) is 5.29. The average Bonchev–Trinajstić information content (AvgIpc) is 2.26. The van der Waals surface area contributed by atoms with E-state index in [9.17, 15) is 22.8 Å². The summed E-state index contributed by atoms with van der Waals surface area (Å²) in [5.74, 6) is -2.12. The van der Waals surface area contributed by atoms with Gasteiger partial charge in [-0.3, -0.25) is 9.59 Å². The van der Waals surface area contributed by atoms with Crippen LogP contribution in [0.25, 0.3) is 0 Å². The SMILES string of the molecule is Cc1cc(C(=O)NC(C)C(=O)O)cc(C(F)(F)F)c1. The van der Waals surface area contributed by atoms with E-state index < -0.39 is 29.7 Å². The molecular formula is C12H12F3NO3. The molecular weight excluding hydrogens is 263 g/mol. The number of alkyl halides is 3. The number of halogens is 3. The van der Waals surface area contributed by atoms with Crippen LogP contribution in [0.4, 0.5) is 13.2 Å². The summed E-state index contributed by atoms with van der Waals surface area (Å²) in [6.07, 6.45) is -4.56. The zero-order valence-corrected chi connectivity index (χ0v) is 10.2. The van der Waals surface area contributed by atoms with Gasteiger partial charge in [0.25, 0.3) is 5.91 Å². The van der Waals surface area contributed by atoms with Crippen LogP contribution in [0.2, 0.25) is 0 Å². The lowest BCUT2D eigenvalue weighted by Gasteiger charge is -2.12. The van der Waals surface area contributed by atoms with Gasteiger partial charge in [0.05, 0.1) is 5.56 Å². The van der Waals surface area contributed by atoms with Gasteiger partial charge in [0.2, 0.25) is 0 Å². The molecule has 104 valence electrons. The second-order valence-corrected chi connectivity index (χ2v) is 4.12. The first-order valence-electron chi connectivity index (χ1n) is 5.34. The van der Waals surface area contributed by atoms with Crippen LogP contribution in [0, 0.1) is 6.92 Å². The maximum absolute atomic E-state index is 12.6. The second-order valence-electron chi connectivity index (χ2n) is 4.12. The van der Waals surface area contributed by atoms with E-state index >= 15 is 0 Å². The normalized spacial score (nSPS) is 12.9. The number of nitrogens with one attached hydrogen (secondary N) is 1. The van der Waals surface area contributed by atoms with Gasteiger partial charge in [0.15, 0.2) is 0 Å². The molecule has 1 amide bonds. The van der Waals surface area contributed by atoms with Gasteiger partial charge in [0.1, 0.15) is 6.04 Å². The number of carboxylic acids is 1. The molecule has 1 rings (SSSR count). The fourth-order valence-electron chi connectivity index (χ4n) is 1.42. The lowest BCUT2D eigenvalue weighted by molar-refractivity contribution is -0.139. The van der Waals surface area contributed by atoms with E-state index in [0.29, 0.717) is 6.07 Å². The zero-order valence-electron chi connectivity index (χ0n) is 10.2. The average molecular weight is 275 g/mol. The molecule has 0 saturated heterocycles. The molecule has 1 aromatic rings. The van der Waals surface area contributed by atoms with Crippen LogP contribution < -0.4 is 5.32 Å². The molecule has 0 bridgehead atoms. The number of carbonyl (C=O) groups is 2. The van der Waals surface area contributed by atoms with E-state index in [-0.39, 0.29) is 11.1 Å². The number of rotatable bonds is 3. The van der Waals surface area contributed by atoms with Crippen LogP contribution in [0.1, 0.15) is 28.4 Å². The highest BCUT2D eigenvalue weighted by Crippen LogP contribution is 2.30. The predicted octanol–water partition coefficient (Wildman–Crippen LogP) is 2.22. The third-order valence-corrected chi connectivity index (χ3v) is 2.38. The molecule has 7 heteroatoms. The van der Waals surface area contributed by atoms with Crippen LogP contribution in [0.3, 0.4) is 0 Å². The lowest BCUT2D eigenvalue weighted by Crippen LogP contribution is -2.38. The number of carboxylic acid groups (broad SMARTS) is 1. The van der Waals surface area contributed by atoms with Gasteiger partial charge in [0, 0.05) is 5.56 Å². The molecule has 0 aromatic heterocycles. The van der Waals surface area contributed by atoms with Crippen molar-refractivity contribution in [3.63, 3.8) is 0 Å². The molecule has 0 heterocycles. The summed E-state index contributed by atoms with van der Waals surface area (Å²) in [6, 6.07) is 1.69. The molecule has 1 aromatic carbocycles. The molecule has 0 fully saturated rings. The Bertz CT molecular complexity index is 511. The van der Waals surface area contributed by atoms with Crippen molar-refractivity contribution in [1.82, 2.24) is 5.32 Å². The monoisotopic (exact) mass is 275 g/mol. The van der Waals surface area contributed by atoms with Crippen molar-refractivity contribution < 1.29 is 27.9 Å². The van der Waals surface area contributed by atoms with Crippen molar-refractivity contribution >= 4 is 11.9 Å². The summed E-state index contributed by atoms with van der Waals surface area (Å²) >= 11 is 0. The van der Waals surface area contributed by atoms with Crippen molar-refractivity contribution in [3.8, 4) is 0 Å². The van der Waals surface area contributed by atoms with Crippen LogP contribution in [0.5, 0.6) is 0 Å². The van der Waals surface area contributed by atoms with Gasteiger partial charge in [-0.05, 0) is 37.6 Å². The Morgan fingerprint density at radius 1 is 1.26 bits per heavy atom. The minimum Gasteiger partial charge on any atom is -0.480 e. The van der Waals surface area contributed by atoms with E-state index in [1.807, 2.05) is 0 Å². The molecule has 0 aliphatic heterocycles. The van der Waals surface area contributed by atoms with Crippen molar-refractivity contribution in [1.29, 1.82) is 0 Å². The van der Waals surface area contributed by atoms with Crippen LogP contribution in [-0.2, 0) is 11.0 Å². The summed E-state index contributed by atoms with van der Waals surface area (Å²) in [5, 5.41) is 10.7. The molecule has 0 spiro atoms. The van der Waals surface area contributed by atoms with Gasteiger partial charge >= 0.3 is 12.1 Å². The number of amides is 1. The largest absolute Gasteiger partial charge is 0.480 e. The Morgan fingerprint density at radius 2 is 1.84 bits per heavy atom. The van der Waals surface area contributed by atoms with E-state index in [1.165, 1.54) is 19.9 Å². The molecule has 1 atom stereocenters. The molecule has 4 nitrogen and oxygen atoms in total. The van der Waals surface area contributed by atoms with Gasteiger partial charge < -0.3 is 10.4 Å². The van der Waals surface area contributed by atoms with Crippen molar-refractivity contribution in [2.75, 3.05) is 0 Å². The minimum atomic E-state index is -4.56. The van der Waals surface area contributed by atoms with Gasteiger partial charge in [-0.15, -0.1) is 0 Å². The smallest absolute Gasteiger partial charge is 0.416 e. The third kappa shape index (κ3) is 3.97. The fraction of sp³-hybridized carbons (Fsp3) is 0.333. The first-order chi connectivity index (χ1) is 8.61. The number of hydrogen-bond donors (Lipinski definition) is 2. The number of benzene rings is 1. The molecule has 0 saturated carbocycles. The minimum absolute atomic E-state index is 0.222. The van der Waals surface area contributed by atoms with Crippen LogP contribution in [0.15, 0.2) is 18.2 Å². The third-order valence-electron chi connectivity index (χ3n) is 2.38. The lowest BCUT2D eigenvalue weighted by atomic mass is 10.1. The standard InChI is InChI=1S/C12H12F3NO3/c1-6-3-8(5-9(4-6)12(13,14)15)10(17)16-7(2)11(18)19/h3-5,7H,1-2H3,(H,16,17)(H,18,19). The fourth-order valence-corrected chi connectivity index (χ4v) is 1.42. The summed E-state index contributed by atoms with van der Waals surface area (Å²) < 4.78 is 37.7. The first kappa shape index (κ1) is 15.0. The van der Waals surface area contributed by atoms with Crippen LogP contribution >= 0.6 is 0 Å². The Balaban J connectivity index is 3.04. The number of aryl methyl sites for hydroxylation is 1. The highest BCUT2D eigenvalue weighted by molar-refractivity contribution is 5.96.